The van der Waals surface area contributed by atoms with Crippen LogP contribution in [-0.2, 0) is 19.6 Å². The van der Waals surface area contributed by atoms with E-state index < -0.39 is 34.5 Å². The van der Waals surface area contributed by atoms with Crippen LogP contribution in [0, 0.1) is 0 Å². The van der Waals surface area contributed by atoms with Gasteiger partial charge in [0.1, 0.15) is 5.75 Å². The van der Waals surface area contributed by atoms with E-state index in [0.717, 1.165) is 4.31 Å². The van der Waals surface area contributed by atoms with Crippen LogP contribution in [0.1, 0.15) is 24.2 Å². The van der Waals surface area contributed by atoms with Crippen molar-refractivity contribution in [2.75, 3.05) is 25.1 Å². The Labute approximate surface area is 186 Å². The van der Waals surface area contributed by atoms with Crippen LogP contribution in [0.4, 0.5) is 10.5 Å². The summed E-state index contributed by atoms with van der Waals surface area (Å²) in [5, 5.41) is 4.48. The fraction of sp³-hybridized carbons (Fsp3) is 0.286. The van der Waals surface area contributed by atoms with Crippen LogP contribution in [0.5, 0.6) is 5.75 Å². The molecule has 10 nitrogen and oxygen atoms in total. The van der Waals surface area contributed by atoms with Crippen LogP contribution in [-0.4, -0.2) is 53.1 Å². The molecule has 0 saturated heterocycles. The van der Waals surface area contributed by atoms with Crippen molar-refractivity contribution in [2.24, 2.45) is 0 Å². The van der Waals surface area contributed by atoms with Gasteiger partial charge in [0, 0.05) is 13.1 Å². The minimum absolute atomic E-state index is 0.0447. The van der Waals surface area contributed by atoms with Crippen molar-refractivity contribution in [3.05, 3.63) is 54.1 Å². The van der Waals surface area contributed by atoms with Gasteiger partial charge in [-0.15, -0.1) is 0 Å². The lowest BCUT2D eigenvalue weighted by atomic mass is 10.2. The minimum atomic E-state index is -3.92. The van der Waals surface area contributed by atoms with Gasteiger partial charge in [-0.1, -0.05) is 12.1 Å². The lowest BCUT2D eigenvalue weighted by Crippen LogP contribution is -2.44. The van der Waals surface area contributed by atoms with E-state index in [0.29, 0.717) is 11.4 Å². The molecule has 32 heavy (non-hydrogen) atoms. The number of anilines is 1. The third-order valence-electron chi connectivity index (χ3n) is 4.18. The standard InChI is InChI=1S/C21H25N3O7S/c1-14(2)22-21(27)23-19(25)13-31-20(26)15-9-11-16(12-10-15)32(28,29)24(3)17-7-5-6-8-18(17)30-4/h5-12,14H,13H2,1-4H3,(H2,22,23,25,27). The normalized spacial score (nSPS) is 10.9. The number of hydrogen-bond acceptors (Lipinski definition) is 7. The highest BCUT2D eigenvalue weighted by Gasteiger charge is 2.24. The molecule has 0 atom stereocenters. The zero-order valence-electron chi connectivity index (χ0n) is 18.1. The van der Waals surface area contributed by atoms with Crippen LogP contribution < -0.4 is 19.7 Å². The monoisotopic (exact) mass is 463 g/mol. The van der Waals surface area contributed by atoms with Crippen LogP contribution >= 0.6 is 0 Å². The summed E-state index contributed by atoms with van der Waals surface area (Å²) in [6.07, 6.45) is 0. The lowest BCUT2D eigenvalue weighted by molar-refractivity contribution is -0.123. The van der Waals surface area contributed by atoms with Gasteiger partial charge in [-0.3, -0.25) is 14.4 Å². The van der Waals surface area contributed by atoms with E-state index in [9.17, 15) is 22.8 Å². The first kappa shape index (κ1) is 24.7. The SMILES string of the molecule is COc1ccccc1N(C)S(=O)(=O)c1ccc(C(=O)OCC(=O)NC(=O)NC(C)C)cc1. The number of imide groups is 1. The summed E-state index contributed by atoms with van der Waals surface area (Å²) in [7, 11) is -1.09. The molecule has 0 bridgehead atoms. The molecular formula is C21H25N3O7S. The molecule has 0 aliphatic rings. The van der Waals surface area contributed by atoms with Gasteiger partial charge < -0.3 is 14.8 Å². The van der Waals surface area contributed by atoms with Crippen molar-refractivity contribution < 1.29 is 32.3 Å². The second-order valence-electron chi connectivity index (χ2n) is 6.92. The molecule has 2 N–H and O–H groups in total. The molecule has 0 unspecified atom stereocenters. The number of benzene rings is 2. The number of nitrogens with one attached hydrogen (secondary N) is 2. The van der Waals surface area contributed by atoms with Gasteiger partial charge in [-0.2, -0.15) is 0 Å². The van der Waals surface area contributed by atoms with Crippen LogP contribution in [0.2, 0.25) is 0 Å². The van der Waals surface area contributed by atoms with Gasteiger partial charge >= 0.3 is 12.0 Å². The molecule has 0 aliphatic carbocycles. The molecule has 0 fully saturated rings. The number of carbonyl (C=O) groups is 3. The van der Waals surface area contributed by atoms with E-state index in [1.54, 1.807) is 38.1 Å². The average Bonchev–Trinajstić information content (AvgIpc) is 2.76. The molecule has 2 rings (SSSR count). The fourth-order valence-corrected chi connectivity index (χ4v) is 3.82. The molecule has 3 amide bonds. The highest BCUT2D eigenvalue weighted by atomic mass is 32.2. The Balaban J connectivity index is 2.04. The predicted molar refractivity (Wildman–Crippen MR) is 117 cm³/mol. The largest absolute Gasteiger partial charge is 0.495 e. The Kier molecular flexibility index (Phi) is 8.19. The number of hydrogen-bond donors (Lipinski definition) is 2. The number of amides is 3. The summed E-state index contributed by atoms with van der Waals surface area (Å²) in [4.78, 5) is 35.2. The van der Waals surface area contributed by atoms with E-state index >= 15 is 0 Å². The quantitative estimate of drug-likeness (QED) is 0.572. The number of rotatable bonds is 8. The van der Waals surface area contributed by atoms with Gasteiger partial charge in [0.2, 0.25) is 0 Å². The van der Waals surface area contributed by atoms with Crippen LogP contribution in [0.15, 0.2) is 53.4 Å². The number of esters is 1. The maximum atomic E-state index is 12.9. The smallest absolute Gasteiger partial charge is 0.338 e. The third-order valence-corrected chi connectivity index (χ3v) is 5.97. The summed E-state index contributed by atoms with van der Waals surface area (Å²) < 4.78 is 37.0. The van der Waals surface area contributed by atoms with Crippen molar-refractivity contribution in [3.63, 3.8) is 0 Å². The van der Waals surface area contributed by atoms with Crippen molar-refractivity contribution in [2.45, 2.75) is 24.8 Å². The van der Waals surface area contributed by atoms with E-state index in [2.05, 4.69) is 5.32 Å². The number of methoxy groups -OCH3 is 1. The molecule has 0 aromatic heterocycles. The molecule has 2 aromatic rings. The topological polar surface area (TPSA) is 131 Å². The summed E-state index contributed by atoms with van der Waals surface area (Å²) in [5.41, 5.74) is 0.398. The molecule has 0 heterocycles. The highest BCUT2D eigenvalue weighted by molar-refractivity contribution is 7.92. The maximum Gasteiger partial charge on any atom is 0.338 e. The summed E-state index contributed by atoms with van der Waals surface area (Å²) >= 11 is 0. The van der Waals surface area contributed by atoms with Crippen LogP contribution in [0.3, 0.4) is 0 Å². The number of para-hydroxylation sites is 2. The first-order valence-corrected chi connectivity index (χ1v) is 11.0. The molecular weight excluding hydrogens is 438 g/mol. The number of urea groups is 1. The second kappa shape index (κ2) is 10.6. The first-order chi connectivity index (χ1) is 15.1. The van der Waals surface area contributed by atoms with Crippen molar-refractivity contribution in [1.82, 2.24) is 10.6 Å². The summed E-state index contributed by atoms with van der Waals surface area (Å²) in [6.45, 7) is 2.78. The number of sulfonamides is 1. The van der Waals surface area contributed by atoms with Crippen molar-refractivity contribution in [1.29, 1.82) is 0 Å². The van der Waals surface area contributed by atoms with Gasteiger partial charge in [-0.05, 0) is 50.2 Å². The Morgan fingerprint density at radius 1 is 1.03 bits per heavy atom. The summed E-state index contributed by atoms with van der Waals surface area (Å²) in [6, 6.07) is 10.9. The fourth-order valence-electron chi connectivity index (χ4n) is 2.62. The molecule has 0 saturated carbocycles. The highest BCUT2D eigenvalue weighted by Crippen LogP contribution is 2.30. The average molecular weight is 464 g/mol. The Bertz CT molecular complexity index is 1080. The maximum absolute atomic E-state index is 12.9. The van der Waals surface area contributed by atoms with Gasteiger partial charge in [0.05, 0.1) is 23.3 Å². The molecule has 0 aliphatic heterocycles. The number of ether oxygens (including phenoxy) is 2. The van der Waals surface area contributed by atoms with Gasteiger partial charge in [-0.25, -0.2) is 18.0 Å². The third kappa shape index (κ3) is 6.20. The van der Waals surface area contributed by atoms with Gasteiger partial charge in [0.25, 0.3) is 15.9 Å². The zero-order valence-corrected chi connectivity index (χ0v) is 18.9. The molecule has 172 valence electrons. The second-order valence-corrected chi connectivity index (χ2v) is 8.89. The number of nitrogens with zero attached hydrogens (tertiary/aromatic N) is 1. The minimum Gasteiger partial charge on any atom is -0.495 e. The zero-order chi connectivity index (χ0) is 23.9. The van der Waals surface area contributed by atoms with E-state index in [-0.39, 0.29) is 16.5 Å². The van der Waals surface area contributed by atoms with Crippen molar-refractivity contribution >= 4 is 33.6 Å². The van der Waals surface area contributed by atoms with Crippen molar-refractivity contribution in [3.8, 4) is 5.75 Å². The molecule has 2 aromatic carbocycles. The molecule has 11 heteroatoms. The van der Waals surface area contributed by atoms with E-state index in [1.807, 2.05) is 5.32 Å². The number of carbonyl (C=O) groups excluding carboxylic acids is 3. The van der Waals surface area contributed by atoms with E-state index in [4.69, 9.17) is 9.47 Å². The lowest BCUT2D eigenvalue weighted by Gasteiger charge is -2.21. The van der Waals surface area contributed by atoms with E-state index in [1.165, 1.54) is 38.4 Å². The van der Waals surface area contributed by atoms with Gasteiger partial charge in [0.15, 0.2) is 6.61 Å². The Morgan fingerprint density at radius 2 is 1.66 bits per heavy atom. The predicted octanol–water partition coefficient (Wildman–Crippen LogP) is 1.91. The molecule has 0 spiro atoms. The van der Waals surface area contributed by atoms with Crippen LogP contribution in [0.25, 0.3) is 0 Å². The summed E-state index contributed by atoms with van der Waals surface area (Å²) in [5.74, 6) is -1.25. The first-order valence-electron chi connectivity index (χ1n) is 9.55. The Hall–Kier alpha value is -3.60. The Morgan fingerprint density at radius 3 is 2.25 bits per heavy atom. The molecule has 0 radical (unpaired) electrons.